The van der Waals surface area contributed by atoms with Crippen LogP contribution in [0.5, 0.6) is 0 Å². The molecule has 0 aromatic rings. The van der Waals surface area contributed by atoms with Gasteiger partial charge in [-0.3, -0.25) is 9.80 Å². The molecule has 3 nitrogen and oxygen atoms in total. The van der Waals surface area contributed by atoms with E-state index in [2.05, 4.69) is 29.0 Å². The summed E-state index contributed by atoms with van der Waals surface area (Å²) in [5, 5.41) is 3.68. The van der Waals surface area contributed by atoms with Crippen LogP contribution in [-0.4, -0.2) is 60.1 Å². The lowest BCUT2D eigenvalue weighted by Gasteiger charge is -2.48. The lowest BCUT2D eigenvalue weighted by Crippen LogP contribution is -2.59. The van der Waals surface area contributed by atoms with Gasteiger partial charge in [0.05, 0.1) is 0 Å². The van der Waals surface area contributed by atoms with Crippen LogP contribution in [0.15, 0.2) is 0 Å². The minimum Gasteiger partial charge on any atom is -0.314 e. The van der Waals surface area contributed by atoms with Crippen molar-refractivity contribution in [1.82, 2.24) is 15.1 Å². The summed E-state index contributed by atoms with van der Waals surface area (Å²) in [5.41, 5.74) is 0. The summed E-state index contributed by atoms with van der Waals surface area (Å²) >= 11 is 0. The summed E-state index contributed by atoms with van der Waals surface area (Å²) in [4.78, 5) is 5.60. The minimum absolute atomic E-state index is 0.764. The van der Waals surface area contributed by atoms with Crippen LogP contribution in [0.4, 0.5) is 0 Å². The Morgan fingerprint density at radius 2 is 1.89 bits per heavy atom. The number of rotatable bonds is 3. The molecule has 0 amide bonds. The third-order valence-corrected chi connectivity index (χ3v) is 5.59. The first-order chi connectivity index (χ1) is 9.28. The molecule has 0 bridgehead atoms. The van der Waals surface area contributed by atoms with E-state index in [1.165, 1.54) is 58.2 Å². The first-order valence-corrected chi connectivity index (χ1v) is 8.51. The fraction of sp³-hybridized carbons (Fsp3) is 1.00. The van der Waals surface area contributed by atoms with Crippen molar-refractivity contribution in [3.05, 3.63) is 0 Å². The smallest absolute Gasteiger partial charge is 0.0224 e. The van der Waals surface area contributed by atoms with Crippen molar-refractivity contribution in [2.24, 2.45) is 0 Å². The SMILES string of the molecule is CCNC1CCCC(N2CC3CCCN3CC2C)C1. The average Bonchev–Trinajstić information content (AvgIpc) is 2.85. The maximum Gasteiger partial charge on any atom is 0.0224 e. The molecule has 3 rings (SSSR count). The molecule has 0 aromatic carbocycles. The van der Waals surface area contributed by atoms with Gasteiger partial charge in [0.15, 0.2) is 0 Å². The van der Waals surface area contributed by atoms with Gasteiger partial charge >= 0.3 is 0 Å². The Labute approximate surface area is 118 Å². The Hall–Kier alpha value is -0.120. The van der Waals surface area contributed by atoms with Gasteiger partial charge in [-0.25, -0.2) is 0 Å². The zero-order valence-electron chi connectivity index (χ0n) is 12.8. The molecule has 1 N–H and O–H groups in total. The quantitative estimate of drug-likeness (QED) is 0.843. The van der Waals surface area contributed by atoms with Crippen LogP contribution in [0.1, 0.15) is 52.4 Å². The van der Waals surface area contributed by atoms with Crippen molar-refractivity contribution in [2.75, 3.05) is 26.2 Å². The second kappa shape index (κ2) is 6.11. The van der Waals surface area contributed by atoms with Crippen LogP contribution in [0.3, 0.4) is 0 Å². The first-order valence-electron chi connectivity index (χ1n) is 8.51. The third kappa shape index (κ3) is 2.98. The highest BCUT2D eigenvalue weighted by Crippen LogP contribution is 2.31. The Bertz CT molecular complexity index is 292. The van der Waals surface area contributed by atoms with Crippen molar-refractivity contribution in [2.45, 2.75) is 76.5 Å². The van der Waals surface area contributed by atoms with E-state index >= 15 is 0 Å². The molecule has 0 aromatic heterocycles. The van der Waals surface area contributed by atoms with Gasteiger partial charge in [-0.2, -0.15) is 0 Å². The lowest BCUT2D eigenvalue weighted by molar-refractivity contribution is 0.0119. The summed E-state index contributed by atoms with van der Waals surface area (Å²) < 4.78 is 0. The van der Waals surface area contributed by atoms with Crippen LogP contribution < -0.4 is 5.32 Å². The van der Waals surface area contributed by atoms with Gasteiger partial charge in [0.25, 0.3) is 0 Å². The zero-order valence-corrected chi connectivity index (χ0v) is 12.8. The number of hydrogen-bond donors (Lipinski definition) is 1. The molecular formula is C16H31N3. The standard InChI is InChI=1S/C16H31N3/c1-3-17-14-6-4-7-15(10-14)19-12-16-8-5-9-18(16)11-13(19)2/h13-17H,3-12H2,1-2H3. The van der Waals surface area contributed by atoms with Crippen LogP contribution in [-0.2, 0) is 0 Å². The van der Waals surface area contributed by atoms with Gasteiger partial charge in [0.2, 0.25) is 0 Å². The third-order valence-electron chi connectivity index (χ3n) is 5.59. The maximum absolute atomic E-state index is 3.68. The Morgan fingerprint density at radius 3 is 2.74 bits per heavy atom. The van der Waals surface area contributed by atoms with Crippen LogP contribution in [0.25, 0.3) is 0 Å². The molecule has 1 saturated carbocycles. The number of nitrogens with zero attached hydrogens (tertiary/aromatic N) is 2. The Balaban J connectivity index is 1.60. The van der Waals surface area contributed by atoms with Gasteiger partial charge in [0.1, 0.15) is 0 Å². The van der Waals surface area contributed by atoms with Crippen molar-refractivity contribution in [1.29, 1.82) is 0 Å². The van der Waals surface area contributed by atoms with E-state index in [9.17, 15) is 0 Å². The number of piperazine rings is 1. The predicted molar refractivity (Wildman–Crippen MR) is 80.5 cm³/mol. The zero-order chi connectivity index (χ0) is 13.2. The van der Waals surface area contributed by atoms with E-state index in [0.29, 0.717) is 0 Å². The first kappa shape index (κ1) is 13.8. The monoisotopic (exact) mass is 265 g/mol. The van der Waals surface area contributed by atoms with Crippen LogP contribution >= 0.6 is 0 Å². The Kier molecular flexibility index (Phi) is 4.45. The molecule has 2 heterocycles. The van der Waals surface area contributed by atoms with Crippen molar-refractivity contribution < 1.29 is 0 Å². The number of fused-ring (bicyclic) bond motifs is 1. The lowest BCUT2D eigenvalue weighted by atomic mass is 9.88. The molecule has 2 aliphatic heterocycles. The molecule has 3 heteroatoms. The predicted octanol–water partition coefficient (Wildman–Crippen LogP) is 2.08. The van der Waals surface area contributed by atoms with Crippen molar-refractivity contribution in [3.8, 4) is 0 Å². The van der Waals surface area contributed by atoms with E-state index in [-0.39, 0.29) is 0 Å². The molecular weight excluding hydrogens is 234 g/mol. The highest BCUT2D eigenvalue weighted by Gasteiger charge is 2.38. The summed E-state index contributed by atoms with van der Waals surface area (Å²) in [6.45, 7) is 9.82. The van der Waals surface area contributed by atoms with Gasteiger partial charge < -0.3 is 5.32 Å². The molecule has 4 unspecified atom stereocenters. The molecule has 3 fully saturated rings. The van der Waals surface area contributed by atoms with Crippen LogP contribution in [0.2, 0.25) is 0 Å². The second-order valence-electron chi connectivity index (χ2n) is 6.91. The summed E-state index contributed by atoms with van der Waals surface area (Å²) in [6, 6.07) is 3.25. The van der Waals surface area contributed by atoms with Crippen LogP contribution in [0, 0.1) is 0 Å². The van der Waals surface area contributed by atoms with Gasteiger partial charge in [-0.1, -0.05) is 13.3 Å². The topological polar surface area (TPSA) is 18.5 Å². The van der Waals surface area contributed by atoms with Gasteiger partial charge in [-0.05, 0) is 52.1 Å². The maximum atomic E-state index is 3.68. The largest absolute Gasteiger partial charge is 0.314 e. The summed E-state index contributed by atoms with van der Waals surface area (Å²) in [7, 11) is 0. The van der Waals surface area contributed by atoms with E-state index in [0.717, 1.165) is 30.7 Å². The Morgan fingerprint density at radius 1 is 1.05 bits per heavy atom. The van der Waals surface area contributed by atoms with Gasteiger partial charge in [0, 0.05) is 37.3 Å². The molecule has 0 radical (unpaired) electrons. The highest BCUT2D eigenvalue weighted by atomic mass is 15.3. The molecule has 4 atom stereocenters. The number of hydrogen-bond acceptors (Lipinski definition) is 3. The molecule has 2 saturated heterocycles. The average molecular weight is 265 g/mol. The highest BCUT2D eigenvalue weighted by molar-refractivity contribution is 4.95. The molecule has 1 aliphatic carbocycles. The fourth-order valence-electron chi connectivity index (χ4n) is 4.66. The van der Waals surface area contributed by atoms with E-state index in [1.807, 2.05) is 0 Å². The van der Waals surface area contributed by atoms with Crippen molar-refractivity contribution >= 4 is 0 Å². The molecule has 19 heavy (non-hydrogen) atoms. The molecule has 3 aliphatic rings. The van der Waals surface area contributed by atoms with E-state index in [1.54, 1.807) is 0 Å². The minimum atomic E-state index is 0.764. The molecule has 0 spiro atoms. The van der Waals surface area contributed by atoms with Crippen molar-refractivity contribution in [3.63, 3.8) is 0 Å². The summed E-state index contributed by atoms with van der Waals surface area (Å²) in [5.74, 6) is 0. The normalized spacial score (nSPS) is 41.4. The van der Waals surface area contributed by atoms with Gasteiger partial charge in [-0.15, -0.1) is 0 Å². The fourth-order valence-corrected chi connectivity index (χ4v) is 4.66. The number of nitrogens with one attached hydrogen (secondary N) is 1. The second-order valence-corrected chi connectivity index (χ2v) is 6.91. The van der Waals surface area contributed by atoms with E-state index in [4.69, 9.17) is 0 Å². The summed E-state index contributed by atoms with van der Waals surface area (Å²) in [6.07, 6.45) is 8.48. The molecule has 110 valence electrons. The van der Waals surface area contributed by atoms with E-state index < -0.39 is 0 Å².